The normalized spacial score (nSPS) is 12.2. The average molecular weight is 242 g/mol. The molecule has 0 N–H and O–H groups in total. The van der Waals surface area contributed by atoms with E-state index >= 15 is 0 Å². The fourth-order valence-corrected chi connectivity index (χ4v) is 2.38. The lowest BCUT2D eigenvalue weighted by Crippen LogP contribution is -2.02. The van der Waals surface area contributed by atoms with Gasteiger partial charge in [-0.2, -0.15) is 5.10 Å². The van der Waals surface area contributed by atoms with Crippen molar-refractivity contribution >= 4 is 20.7 Å². The summed E-state index contributed by atoms with van der Waals surface area (Å²) in [4.78, 5) is 0. The molecule has 0 bridgehead atoms. The molecule has 0 saturated heterocycles. The topological polar surface area (TPSA) is 52.0 Å². The van der Waals surface area contributed by atoms with Gasteiger partial charge in [0.1, 0.15) is 5.82 Å². The first-order chi connectivity index (χ1) is 7.37. The Bertz CT molecular complexity index is 646. The van der Waals surface area contributed by atoms with E-state index in [2.05, 4.69) is 5.10 Å². The highest BCUT2D eigenvalue weighted by Crippen LogP contribution is 2.20. The van der Waals surface area contributed by atoms with Crippen molar-refractivity contribution in [1.29, 1.82) is 0 Å². The van der Waals surface area contributed by atoms with Gasteiger partial charge in [-0.3, -0.25) is 4.68 Å². The van der Waals surface area contributed by atoms with Crippen molar-refractivity contribution in [3.05, 3.63) is 29.7 Å². The number of hydrogen-bond acceptors (Lipinski definition) is 3. The Balaban J connectivity index is 2.66. The fourth-order valence-electron chi connectivity index (χ4n) is 1.67. The minimum atomic E-state index is -3.17. The molecule has 0 atom stereocenters. The van der Waals surface area contributed by atoms with E-state index in [9.17, 15) is 12.8 Å². The van der Waals surface area contributed by atoms with Crippen LogP contribution in [0.25, 0.3) is 10.9 Å². The van der Waals surface area contributed by atoms with E-state index in [0.717, 1.165) is 11.8 Å². The Morgan fingerprint density at radius 2 is 2.12 bits per heavy atom. The van der Waals surface area contributed by atoms with Crippen LogP contribution in [0.4, 0.5) is 4.39 Å². The summed E-state index contributed by atoms with van der Waals surface area (Å²) in [6.45, 7) is 0. The number of halogens is 1. The molecule has 0 unspecified atom stereocenters. The van der Waals surface area contributed by atoms with Crippen LogP contribution in [0.15, 0.2) is 18.2 Å². The maximum Gasteiger partial charge on any atom is 0.153 e. The standard InChI is InChI=1S/C10H11FN2O2S/c1-13-10-4-3-7(11)5-8(10)9(12-13)6-16(2,14)15/h3-5H,6H2,1-2H3. The van der Waals surface area contributed by atoms with Crippen molar-refractivity contribution in [1.82, 2.24) is 9.78 Å². The molecule has 0 aliphatic rings. The first-order valence-electron chi connectivity index (χ1n) is 4.66. The number of nitrogens with zero attached hydrogens (tertiary/aromatic N) is 2. The molecular formula is C10H11FN2O2S. The molecule has 0 radical (unpaired) electrons. The van der Waals surface area contributed by atoms with Gasteiger partial charge in [0.25, 0.3) is 0 Å². The second-order valence-corrected chi connectivity index (χ2v) is 5.94. The number of rotatable bonds is 2. The number of fused-ring (bicyclic) bond motifs is 1. The summed E-state index contributed by atoms with van der Waals surface area (Å²) in [5.74, 6) is -0.566. The highest BCUT2D eigenvalue weighted by molar-refractivity contribution is 7.89. The first-order valence-corrected chi connectivity index (χ1v) is 6.72. The fraction of sp³-hybridized carbons (Fsp3) is 0.300. The molecule has 0 amide bonds. The SMILES string of the molecule is Cn1nc(CS(C)(=O)=O)c2cc(F)ccc21. The quantitative estimate of drug-likeness (QED) is 0.796. The van der Waals surface area contributed by atoms with E-state index in [1.807, 2.05) is 0 Å². The van der Waals surface area contributed by atoms with Crippen LogP contribution in [0.3, 0.4) is 0 Å². The number of aromatic nitrogens is 2. The van der Waals surface area contributed by atoms with E-state index in [1.165, 1.54) is 12.1 Å². The van der Waals surface area contributed by atoms with Gasteiger partial charge in [-0.25, -0.2) is 12.8 Å². The van der Waals surface area contributed by atoms with Gasteiger partial charge in [-0.1, -0.05) is 0 Å². The highest BCUT2D eigenvalue weighted by atomic mass is 32.2. The van der Waals surface area contributed by atoms with Crippen molar-refractivity contribution in [2.75, 3.05) is 6.26 Å². The van der Waals surface area contributed by atoms with Gasteiger partial charge >= 0.3 is 0 Å². The van der Waals surface area contributed by atoms with Crippen molar-refractivity contribution < 1.29 is 12.8 Å². The summed E-state index contributed by atoms with van der Waals surface area (Å²) in [5, 5.41) is 4.64. The molecule has 0 spiro atoms. The van der Waals surface area contributed by atoms with Crippen LogP contribution in [-0.2, 0) is 22.6 Å². The van der Waals surface area contributed by atoms with Gasteiger partial charge < -0.3 is 0 Å². The molecule has 6 heteroatoms. The molecule has 4 nitrogen and oxygen atoms in total. The number of benzene rings is 1. The Morgan fingerprint density at radius 3 is 2.75 bits per heavy atom. The van der Waals surface area contributed by atoms with Crippen molar-refractivity contribution in [2.24, 2.45) is 7.05 Å². The smallest absolute Gasteiger partial charge is 0.153 e. The zero-order chi connectivity index (χ0) is 11.9. The van der Waals surface area contributed by atoms with Crippen LogP contribution >= 0.6 is 0 Å². The van der Waals surface area contributed by atoms with Crippen molar-refractivity contribution in [3.8, 4) is 0 Å². The second kappa shape index (κ2) is 3.55. The van der Waals surface area contributed by atoms with Crippen LogP contribution in [-0.4, -0.2) is 24.5 Å². The predicted molar refractivity (Wildman–Crippen MR) is 59.2 cm³/mol. The van der Waals surface area contributed by atoms with Gasteiger partial charge in [-0.15, -0.1) is 0 Å². The molecule has 0 saturated carbocycles. The van der Waals surface area contributed by atoms with E-state index in [4.69, 9.17) is 0 Å². The van der Waals surface area contributed by atoms with Crippen molar-refractivity contribution in [2.45, 2.75) is 5.75 Å². The van der Waals surface area contributed by atoms with E-state index < -0.39 is 15.7 Å². The monoisotopic (exact) mass is 242 g/mol. The lowest BCUT2D eigenvalue weighted by molar-refractivity contribution is 0.600. The third kappa shape index (κ3) is 2.06. The van der Waals surface area contributed by atoms with Gasteiger partial charge in [0.2, 0.25) is 0 Å². The number of sulfone groups is 1. The van der Waals surface area contributed by atoms with Gasteiger partial charge in [0.15, 0.2) is 9.84 Å². The average Bonchev–Trinajstić information content (AvgIpc) is 2.40. The summed E-state index contributed by atoms with van der Waals surface area (Å²) in [5.41, 5.74) is 1.11. The van der Waals surface area contributed by atoms with E-state index in [1.54, 1.807) is 17.8 Å². The summed E-state index contributed by atoms with van der Waals surface area (Å²) in [6, 6.07) is 4.22. The van der Waals surface area contributed by atoms with Gasteiger partial charge in [-0.05, 0) is 18.2 Å². The van der Waals surface area contributed by atoms with Gasteiger partial charge in [0, 0.05) is 18.7 Å². The maximum absolute atomic E-state index is 13.1. The van der Waals surface area contributed by atoms with E-state index in [-0.39, 0.29) is 5.75 Å². The summed E-state index contributed by atoms with van der Waals surface area (Å²) < 4.78 is 37.0. The molecule has 1 aromatic carbocycles. The molecule has 0 aliphatic carbocycles. The molecule has 16 heavy (non-hydrogen) atoms. The van der Waals surface area contributed by atoms with Crippen LogP contribution in [0.2, 0.25) is 0 Å². The Hall–Kier alpha value is -1.43. The first kappa shape index (κ1) is 11.1. The molecule has 0 fully saturated rings. The molecule has 2 rings (SSSR count). The molecule has 1 aromatic heterocycles. The molecule has 86 valence electrons. The Morgan fingerprint density at radius 1 is 1.44 bits per heavy atom. The van der Waals surface area contributed by atoms with Crippen LogP contribution in [0.1, 0.15) is 5.69 Å². The minimum absolute atomic E-state index is 0.173. The largest absolute Gasteiger partial charge is 0.268 e. The minimum Gasteiger partial charge on any atom is -0.268 e. The zero-order valence-electron chi connectivity index (χ0n) is 8.94. The van der Waals surface area contributed by atoms with E-state index in [0.29, 0.717) is 11.1 Å². The zero-order valence-corrected chi connectivity index (χ0v) is 9.75. The van der Waals surface area contributed by atoms with Crippen molar-refractivity contribution in [3.63, 3.8) is 0 Å². The molecule has 0 aliphatic heterocycles. The molecular weight excluding hydrogens is 231 g/mol. The Kier molecular flexibility index (Phi) is 2.46. The maximum atomic E-state index is 13.1. The lowest BCUT2D eigenvalue weighted by atomic mass is 10.2. The summed E-state index contributed by atoms with van der Waals surface area (Å²) in [6.07, 6.45) is 1.13. The summed E-state index contributed by atoms with van der Waals surface area (Å²) in [7, 11) is -1.47. The van der Waals surface area contributed by atoms with Gasteiger partial charge in [0.05, 0.1) is 17.0 Å². The second-order valence-electron chi connectivity index (χ2n) is 3.80. The predicted octanol–water partition coefficient (Wildman–Crippen LogP) is 1.26. The molecule has 1 heterocycles. The number of aryl methyl sites for hydroxylation is 1. The van der Waals surface area contributed by atoms with Crippen LogP contribution in [0.5, 0.6) is 0 Å². The third-order valence-corrected chi connectivity index (χ3v) is 3.09. The lowest BCUT2D eigenvalue weighted by Gasteiger charge is -1.95. The Labute approximate surface area is 92.6 Å². The summed E-state index contributed by atoms with van der Waals surface area (Å²) >= 11 is 0. The number of hydrogen-bond donors (Lipinski definition) is 0. The van der Waals surface area contributed by atoms with Crippen LogP contribution in [0, 0.1) is 5.82 Å². The van der Waals surface area contributed by atoms with Crippen LogP contribution < -0.4 is 0 Å². The highest BCUT2D eigenvalue weighted by Gasteiger charge is 2.14. The third-order valence-electron chi connectivity index (χ3n) is 2.29. The molecule has 2 aromatic rings.